The molecule has 13 heavy (non-hydrogen) atoms. The van der Waals surface area contributed by atoms with Gasteiger partial charge in [0.15, 0.2) is 0 Å². The van der Waals surface area contributed by atoms with Crippen LogP contribution in [0.25, 0.3) is 0 Å². The summed E-state index contributed by atoms with van der Waals surface area (Å²) in [5.74, 6) is 3.73. The van der Waals surface area contributed by atoms with E-state index in [2.05, 4.69) is 24.8 Å². The lowest BCUT2D eigenvalue weighted by atomic mass is 9.90. The van der Waals surface area contributed by atoms with Gasteiger partial charge in [0.2, 0.25) is 0 Å². The molecule has 0 aliphatic heterocycles. The van der Waals surface area contributed by atoms with Crippen LogP contribution in [-0.4, -0.2) is 4.98 Å². The van der Waals surface area contributed by atoms with Crippen LogP contribution in [0.15, 0.2) is 18.3 Å². The van der Waals surface area contributed by atoms with E-state index >= 15 is 0 Å². The molecule has 1 rings (SSSR count). The third-order valence-electron chi connectivity index (χ3n) is 2.05. The highest BCUT2D eigenvalue weighted by atomic mass is 14.8. The second-order valence-corrected chi connectivity index (χ2v) is 3.37. The number of hydrogen-bond acceptors (Lipinski definition) is 2. The Morgan fingerprint density at radius 2 is 2.23 bits per heavy atom. The Kier molecular flexibility index (Phi) is 2.92. The monoisotopic (exact) mass is 174 g/mol. The molecule has 0 bridgehead atoms. The summed E-state index contributed by atoms with van der Waals surface area (Å²) in [6.45, 7) is 4.16. The van der Waals surface area contributed by atoms with Crippen LogP contribution >= 0.6 is 0 Å². The van der Waals surface area contributed by atoms with Crippen molar-refractivity contribution >= 4 is 5.82 Å². The molecule has 1 aromatic heterocycles. The normalized spacial score (nSPS) is 12.5. The van der Waals surface area contributed by atoms with Gasteiger partial charge in [0.25, 0.3) is 0 Å². The van der Waals surface area contributed by atoms with Crippen LogP contribution < -0.4 is 5.73 Å². The van der Waals surface area contributed by atoms with Gasteiger partial charge in [-0.05, 0) is 12.0 Å². The SMILES string of the molecule is C#C[C@@H](c1cccnc1N)C(C)C. The van der Waals surface area contributed by atoms with E-state index in [1.807, 2.05) is 12.1 Å². The zero-order chi connectivity index (χ0) is 9.84. The minimum absolute atomic E-state index is 0.0636. The molecule has 2 heteroatoms. The van der Waals surface area contributed by atoms with Crippen molar-refractivity contribution in [2.75, 3.05) is 5.73 Å². The average Bonchev–Trinajstić information content (AvgIpc) is 2.09. The highest BCUT2D eigenvalue weighted by Gasteiger charge is 2.15. The van der Waals surface area contributed by atoms with Crippen molar-refractivity contribution in [1.82, 2.24) is 4.98 Å². The Labute approximate surface area is 79.2 Å². The number of nitrogens with zero attached hydrogens (tertiary/aromatic N) is 1. The zero-order valence-electron chi connectivity index (χ0n) is 7.99. The van der Waals surface area contributed by atoms with E-state index in [4.69, 9.17) is 12.2 Å². The molecule has 2 N–H and O–H groups in total. The highest BCUT2D eigenvalue weighted by Crippen LogP contribution is 2.26. The van der Waals surface area contributed by atoms with Crippen LogP contribution in [0.1, 0.15) is 25.3 Å². The van der Waals surface area contributed by atoms with Crippen molar-refractivity contribution in [3.05, 3.63) is 23.9 Å². The number of rotatable bonds is 2. The summed E-state index contributed by atoms with van der Waals surface area (Å²) < 4.78 is 0. The summed E-state index contributed by atoms with van der Waals surface area (Å²) in [5.41, 5.74) is 6.69. The van der Waals surface area contributed by atoms with Gasteiger partial charge in [-0.2, -0.15) is 0 Å². The van der Waals surface area contributed by atoms with Crippen molar-refractivity contribution in [2.45, 2.75) is 19.8 Å². The van der Waals surface area contributed by atoms with Crippen molar-refractivity contribution < 1.29 is 0 Å². The molecule has 0 saturated carbocycles. The molecule has 1 atom stereocenters. The first-order chi connectivity index (χ1) is 6.16. The van der Waals surface area contributed by atoms with E-state index in [0.717, 1.165) is 5.56 Å². The molecule has 1 aromatic rings. The maximum Gasteiger partial charge on any atom is 0.127 e. The van der Waals surface area contributed by atoms with Gasteiger partial charge in [-0.3, -0.25) is 0 Å². The third-order valence-corrected chi connectivity index (χ3v) is 2.05. The van der Waals surface area contributed by atoms with Gasteiger partial charge >= 0.3 is 0 Å². The van der Waals surface area contributed by atoms with Gasteiger partial charge in [-0.15, -0.1) is 6.42 Å². The fraction of sp³-hybridized carbons (Fsp3) is 0.364. The molecule has 0 aromatic carbocycles. The second kappa shape index (κ2) is 3.95. The lowest BCUT2D eigenvalue weighted by molar-refractivity contribution is 0.592. The molecule has 0 aliphatic carbocycles. The second-order valence-electron chi connectivity index (χ2n) is 3.37. The molecule has 0 fully saturated rings. The summed E-state index contributed by atoms with van der Waals surface area (Å²) >= 11 is 0. The predicted molar refractivity (Wildman–Crippen MR) is 55.1 cm³/mol. The van der Waals surface area contributed by atoms with Crippen LogP contribution in [0.4, 0.5) is 5.82 Å². The lowest BCUT2D eigenvalue weighted by Crippen LogP contribution is -2.08. The standard InChI is InChI=1S/C11H14N2/c1-4-9(8(2)3)10-6-5-7-13-11(10)12/h1,5-9H,2-3H3,(H2,12,13)/t9-/m1/s1. The van der Waals surface area contributed by atoms with Gasteiger partial charge in [0, 0.05) is 11.8 Å². The van der Waals surface area contributed by atoms with Crippen molar-refractivity contribution in [3.8, 4) is 12.3 Å². The first-order valence-electron chi connectivity index (χ1n) is 4.33. The van der Waals surface area contributed by atoms with E-state index in [9.17, 15) is 0 Å². The van der Waals surface area contributed by atoms with Crippen molar-refractivity contribution in [1.29, 1.82) is 0 Å². The molecule has 0 saturated heterocycles. The lowest BCUT2D eigenvalue weighted by Gasteiger charge is -2.15. The number of anilines is 1. The van der Waals surface area contributed by atoms with Gasteiger partial charge in [0.1, 0.15) is 5.82 Å². The van der Waals surface area contributed by atoms with Crippen LogP contribution in [0.2, 0.25) is 0 Å². The van der Waals surface area contributed by atoms with Crippen LogP contribution in [0.5, 0.6) is 0 Å². The molecule has 0 aliphatic rings. The Bertz CT molecular complexity index is 323. The maximum absolute atomic E-state index is 5.73. The maximum atomic E-state index is 5.73. The summed E-state index contributed by atoms with van der Waals surface area (Å²) in [7, 11) is 0. The Morgan fingerprint density at radius 1 is 1.54 bits per heavy atom. The number of hydrogen-bond donors (Lipinski definition) is 1. The quantitative estimate of drug-likeness (QED) is 0.697. The van der Waals surface area contributed by atoms with Gasteiger partial charge in [-0.1, -0.05) is 25.8 Å². The fourth-order valence-corrected chi connectivity index (χ4v) is 1.33. The molecular formula is C11H14N2. The molecule has 0 amide bonds. The number of pyridine rings is 1. The summed E-state index contributed by atoms with van der Waals surface area (Å²) in [6.07, 6.45) is 7.11. The van der Waals surface area contributed by atoms with E-state index < -0.39 is 0 Å². The van der Waals surface area contributed by atoms with E-state index in [0.29, 0.717) is 11.7 Å². The van der Waals surface area contributed by atoms with Gasteiger partial charge in [-0.25, -0.2) is 4.98 Å². The fourth-order valence-electron chi connectivity index (χ4n) is 1.33. The Hall–Kier alpha value is -1.49. The van der Waals surface area contributed by atoms with Crippen LogP contribution in [0.3, 0.4) is 0 Å². The number of terminal acetylenes is 1. The van der Waals surface area contributed by atoms with Crippen LogP contribution in [0, 0.1) is 18.3 Å². The number of aromatic nitrogens is 1. The smallest absolute Gasteiger partial charge is 0.127 e. The summed E-state index contributed by atoms with van der Waals surface area (Å²) in [6, 6.07) is 3.80. The first kappa shape index (κ1) is 9.60. The summed E-state index contributed by atoms with van der Waals surface area (Å²) in [4.78, 5) is 4.01. The van der Waals surface area contributed by atoms with E-state index in [-0.39, 0.29) is 5.92 Å². The van der Waals surface area contributed by atoms with Gasteiger partial charge < -0.3 is 5.73 Å². The molecule has 68 valence electrons. The van der Waals surface area contributed by atoms with Gasteiger partial charge in [0.05, 0.1) is 5.92 Å². The molecule has 0 unspecified atom stereocenters. The predicted octanol–water partition coefficient (Wildman–Crippen LogP) is 2.04. The van der Waals surface area contributed by atoms with E-state index in [1.54, 1.807) is 6.20 Å². The third kappa shape index (κ3) is 2.00. The molecule has 0 radical (unpaired) electrons. The van der Waals surface area contributed by atoms with Crippen molar-refractivity contribution in [3.63, 3.8) is 0 Å². The Balaban J connectivity index is 3.07. The number of nitrogens with two attached hydrogens (primary N) is 1. The minimum atomic E-state index is 0.0636. The van der Waals surface area contributed by atoms with Crippen LogP contribution in [-0.2, 0) is 0 Å². The molecule has 1 heterocycles. The minimum Gasteiger partial charge on any atom is -0.383 e. The first-order valence-corrected chi connectivity index (χ1v) is 4.33. The Morgan fingerprint density at radius 3 is 2.69 bits per heavy atom. The topological polar surface area (TPSA) is 38.9 Å². The summed E-state index contributed by atoms with van der Waals surface area (Å²) in [5, 5.41) is 0. The molecule has 0 spiro atoms. The highest BCUT2D eigenvalue weighted by molar-refractivity contribution is 5.44. The average molecular weight is 174 g/mol. The number of nitrogen functional groups attached to an aromatic ring is 1. The van der Waals surface area contributed by atoms with Crippen molar-refractivity contribution in [2.24, 2.45) is 5.92 Å². The molecular weight excluding hydrogens is 160 g/mol. The zero-order valence-corrected chi connectivity index (χ0v) is 7.99. The largest absolute Gasteiger partial charge is 0.383 e. The van der Waals surface area contributed by atoms with E-state index in [1.165, 1.54) is 0 Å². The molecule has 2 nitrogen and oxygen atoms in total.